The molecule has 0 saturated heterocycles. The fraction of sp³-hybridized carbons (Fsp3) is 0. The first kappa shape index (κ1) is 19.9. The van der Waals surface area contributed by atoms with Gasteiger partial charge in [0, 0.05) is 0 Å². The van der Waals surface area contributed by atoms with Crippen LogP contribution in [0, 0.1) is 0 Å². The van der Waals surface area contributed by atoms with Crippen LogP contribution in [0.2, 0.25) is 0 Å². The molecule has 22 heavy (non-hydrogen) atoms. The van der Waals surface area contributed by atoms with E-state index in [1.54, 1.807) is 12.1 Å². The number of aromatic nitrogens is 1. The molecule has 9 nitrogen and oxygen atoms in total. The van der Waals surface area contributed by atoms with Crippen LogP contribution in [0.3, 0.4) is 0 Å². The molecular formula is C11H14ClCrN5O4. The number of rotatable bonds is 2. The van der Waals surface area contributed by atoms with Crippen molar-refractivity contribution in [2.75, 3.05) is 11.5 Å². The molecule has 0 unspecified atom stereocenters. The van der Waals surface area contributed by atoms with Crippen molar-refractivity contribution in [2.45, 2.75) is 0 Å². The maximum absolute atomic E-state index is 8.82. The normalized spacial score (nSPS) is 10.5. The molecule has 0 fully saturated rings. The van der Waals surface area contributed by atoms with E-state index in [0.717, 1.165) is 5.69 Å². The van der Waals surface area contributed by atoms with Crippen LogP contribution in [0.15, 0.2) is 52.7 Å². The number of nitrogen functional groups attached to an aromatic ring is 2. The van der Waals surface area contributed by atoms with Gasteiger partial charge in [-0.3, -0.25) is 0 Å². The molecule has 6 N–H and O–H groups in total. The number of nitrogens with zero attached hydrogens (tertiary/aromatic N) is 3. The van der Waals surface area contributed by atoms with E-state index in [9.17, 15) is 0 Å². The molecule has 0 atom stereocenters. The first-order valence-electron chi connectivity index (χ1n) is 5.44. The van der Waals surface area contributed by atoms with Crippen LogP contribution in [-0.2, 0) is 21.2 Å². The Hall–Kier alpha value is -2.09. The van der Waals surface area contributed by atoms with E-state index in [0.29, 0.717) is 11.5 Å². The summed E-state index contributed by atoms with van der Waals surface area (Å²) in [6, 6.07) is 12.7. The van der Waals surface area contributed by atoms with Crippen molar-refractivity contribution < 1.29 is 29.5 Å². The molecule has 120 valence electrons. The molecule has 2 aromatic rings. The molecule has 0 amide bonds. The van der Waals surface area contributed by atoms with Gasteiger partial charge in [-0.2, -0.15) is 5.11 Å². The predicted octanol–water partition coefficient (Wildman–Crippen LogP) is 1.73. The third kappa shape index (κ3) is 8.96. The van der Waals surface area contributed by atoms with Crippen molar-refractivity contribution in [2.24, 2.45) is 10.2 Å². The minimum absolute atomic E-state index is 0. The van der Waals surface area contributed by atoms with Gasteiger partial charge in [0.2, 0.25) is 0 Å². The number of halogens is 1. The molecule has 0 radical (unpaired) electrons. The fourth-order valence-corrected chi connectivity index (χ4v) is 1.17. The van der Waals surface area contributed by atoms with Crippen molar-refractivity contribution in [1.82, 2.24) is 4.98 Å². The Morgan fingerprint density at radius 1 is 0.955 bits per heavy atom. The van der Waals surface area contributed by atoms with Gasteiger partial charge in [0.05, 0.1) is 5.69 Å². The average molecular weight is 368 g/mol. The van der Waals surface area contributed by atoms with Gasteiger partial charge in [0.1, 0.15) is 11.5 Å². The van der Waals surface area contributed by atoms with Crippen molar-refractivity contribution in [3.05, 3.63) is 42.5 Å². The van der Waals surface area contributed by atoms with Gasteiger partial charge in [-0.05, 0) is 24.3 Å². The van der Waals surface area contributed by atoms with E-state index in [1.807, 2.05) is 30.3 Å². The Kier molecular flexibility index (Phi) is 8.18. The summed E-state index contributed by atoms with van der Waals surface area (Å²) >= 11 is -5.25. The minimum atomic E-state index is -5.25. The van der Waals surface area contributed by atoms with Crippen LogP contribution in [0.4, 0.5) is 23.0 Å². The molecular weight excluding hydrogens is 354 g/mol. The fourth-order valence-electron chi connectivity index (χ4n) is 1.17. The monoisotopic (exact) mass is 367 g/mol. The topological polar surface area (TPSA) is 164 Å². The third-order valence-corrected chi connectivity index (χ3v) is 1.95. The summed E-state index contributed by atoms with van der Waals surface area (Å²) in [5, 5.41) is 8.03. The molecule has 0 aliphatic rings. The average Bonchev–Trinajstić information content (AvgIpc) is 2.37. The zero-order valence-corrected chi connectivity index (χ0v) is 13.2. The standard InChI is InChI=1S/C11H11N5.ClH.Cr.2H2O.2O/c12-10-7-6-9(11(13)14-10)16-15-8-4-2-1-3-5-8;;;;;;/h1-7H,(H4,12,13,14);1H;;2*1H2;;/q;;+2;;;;/p-2/b16-15+;;;;;;. The number of hydrogen-bond acceptors (Lipinski definition) is 7. The van der Waals surface area contributed by atoms with E-state index in [-0.39, 0.29) is 18.2 Å². The second-order valence-corrected chi connectivity index (χ2v) is 5.02. The third-order valence-electron chi connectivity index (χ3n) is 1.95. The number of benzene rings is 1. The molecule has 1 heterocycles. The Morgan fingerprint density at radius 2 is 1.50 bits per heavy atom. The van der Waals surface area contributed by atoms with Crippen LogP contribution in [0.5, 0.6) is 0 Å². The number of azo groups is 1. The molecule has 0 aliphatic carbocycles. The summed E-state index contributed by atoms with van der Waals surface area (Å²) in [5.41, 5.74) is 12.4. The van der Waals surface area contributed by atoms with Crippen LogP contribution < -0.4 is 11.5 Å². The van der Waals surface area contributed by atoms with Crippen LogP contribution in [0.1, 0.15) is 0 Å². The number of pyridine rings is 1. The van der Waals surface area contributed by atoms with Crippen molar-refractivity contribution in [1.29, 1.82) is 0 Å². The molecule has 0 bridgehead atoms. The first-order valence-corrected chi connectivity index (χ1v) is 7.62. The molecule has 11 heteroatoms. The first-order chi connectivity index (χ1) is 9.75. The SMILES string of the molecule is Cl.Nc1ccc(/N=N/c2ccccc2)c(N)n1.[O]=[Cr](=[O])([OH])[OH]. The van der Waals surface area contributed by atoms with Crippen molar-refractivity contribution >= 4 is 35.4 Å². The predicted molar refractivity (Wildman–Crippen MR) is 76.7 cm³/mol. The summed E-state index contributed by atoms with van der Waals surface area (Å²) in [6.45, 7) is 0. The molecule has 0 aliphatic heterocycles. The van der Waals surface area contributed by atoms with Gasteiger partial charge in [-0.1, -0.05) is 18.2 Å². The van der Waals surface area contributed by atoms with Gasteiger partial charge >= 0.3 is 29.5 Å². The van der Waals surface area contributed by atoms with Crippen LogP contribution in [-0.4, -0.2) is 13.3 Å². The molecule has 0 spiro atoms. The van der Waals surface area contributed by atoms with Gasteiger partial charge in [-0.15, -0.1) is 17.5 Å². The quantitative estimate of drug-likeness (QED) is 0.586. The Balaban J connectivity index is 0.000000644. The Bertz CT molecular complexity index is 717. The van der Waals surface area contributed by atoms with E-state index < -0.39 is 13.6 Å². The van der Waals surface area contributed by atoms with Gasteiger partial charge < -0.3 is 11.5 Å². The molecule has 0 saturated carbocycles. The Morgan fingerprint density at radius 3 is 2.00 bits per heavy atom. The second-order valence-electron chi connectivity index (χ2n) is 3.62. The van der Waals surface area contributed by atoms with Crippen LogP contribution in [0.25, 0.3) is 0 Å². The summed E-state index contributed by atoms with van der Waals surface area (Å²) in [4.78, 5) is 3.89. The number of nitrogens with two attached hydrogens (primary N) is 2. The second kappa shape index (κ2) is 9.04. The van der Waals surface area contributed by atoms with E-state index in [4.69, 9.17) is 27.4 Å². The summed E-state index contributed by atoms with van der Waals surface area (Å²) in [5.74, 6) is 0.649. The van der Waals surface area contributed by atoms with E-state index >= 15 is 0 Å². The summed E-state index contributed by atoms with van der Waals surface area (Å²) in [7, 11) is 0. The zero-order chi connectivity index (χ0) is 15.9. The number of anilines is 2. The van der Waals surface area contributed by atoms with Crippen LogP contribution >= 0.6 is 12.4 Å². The molecule has 1 aromatic carbocycles. The summed E-state index contributed by atoms with van der Waals surface area (Å²) in [6.07, 6.45) is 0. The summed E-state index contributed by atoms with van der Waals surface area (Å²) < 4.78 is 31.9. The van der Waals surface area contributed by atoms with E-state index in [1.165, 1.54) is 0 Å². The Labute approximate surface area is 134 Å². The molecule has 1 aromatic heterocycles. The van der Waals surface area contributed by atoms with E-state index in [2.05, 4.69) is 15.2 Å². The van der Waals surface area contributed by atoms with Gasteiger partial charge in [-0.25, -0.2) is 4.98 Å². The van der Waals surface area contributed by atoms with Gasteiger partial charge in [0.25, 0.3) is 0 Å². The maximum atomic E-state index is 8.82. The van der Waals surface area contributed by atoms with Crippen molar-refractivity contribution in [3.63, 3.8) is 0 Å². The van der Waals surface area contributed by atoms with Gasteiger partial charge in [0.15, 0.2) is 5.82 Å². The van der Waals surface area contributed by atoms with Crippen molar-refractivity contribution in [3.8, 4) is 0 Å². The zero-order valence-electron chi connectivity index (χ0n) is 11.1. The molecule has 2 rings (SSSR count). The number of hydrogen-bond donors (Lipinski definition) is 4.